The third-order valence-corrected chi connectivity index (χ3v) is 6.63. The SMILES string of the molecule is COc1ccc([C@H]2[C@H]3CN(C(=O)CNC(N)=O)C[C@H]3CN2C(=O)C2CCC2)cc1. The van der Waals surface area contributed by atoms with Crippen molar-refractivity contribution in [3.05, 3.63) is 29.8 Å². The normalized spacial score (nSPS) is 26.0. The van der Waals surface area contributed by atoms with Crippen LogP contribution in [0.15, 0.2) is 24.3 Å². The van der Waals surface area contributed by atoms with Crippen LogP contribution in [0.25, 0.3) is 0 Å². The number of hydrogen-bond donors (Lipinski definition) is 2. The molecule has 0 aromatic heterocycles. The van der Waals surface area contributed by atoms with E-state index in [0.29, 0.717) is 19.6 Å². The van der Waals surface area contributed by atoms with Crippen molar-refractivity contribution in [2.24, 2.45) is 23.5 Å². The number of ether oxygens (including phenoxy) is 1. The predicted molar refractivity (Wildman–Crippen MR) is 106 cm³/mol. The maximum Gasteiger partial charge on any atom is 0.312 e. The first kappa shape index (κ1) is 19.5. The molecule has 1 aromatic rings. The summed E-state index contributed by atoms with van der Waals surface area (Å²) in [4.78, 5) is 40.3. The number of primary amides is 1. The van der Waals surface area contributed by atoms with Crippen LogP contribution in [0.4, 0.5) is 4.79 Å². The standard InChI is InChI=1S/C21H28N4O4/c1-29-16-7-5-13(6-8-16)19-17-12-24(18(26)9-23-21(22)28)10-15(17)11-25(19)20(27)14-3-2-4-14/h5-8,14-15,17,19H,2-4,9-12H2,1H3,(H3,22,23,28)/t15-,17-,19-/m0/s1. The van der Waals surface area contributed by atoms with E-state index in [2.05, 4.69) is 5.32 Å². The highest BCUT2D eigenvalue weighted by Crippen LogP contribution is 2.47. The number of urea groups is 1. The Bertz CT molecular complexity index is 792. The third-order valence-electron chi connectivity index (χ3n) is 6.63. The number of carbonyl (C=O) groups is 3. The average molecular weight is 400 g/mol. The monoisotopic (exact) mass is 400 g/mol. The lowest BCUT2D eigenvalue weighted by Crippen LogP contribution is -2.44. The Kier molecular flexibility index (Phi) is 5.34. The molecule has 3 aliphatic rings. The fraction of sp³-hybridized carbons (Fsp3) is 0.571. The molecule has 0 spiro atoms. The summed E-state index contributed by atoms with van der Waals surface area (Å²) >= 11 is 0. The Morgan fingerprint density at radius 2 is 1.86 bits per heavy atom. The van der Waals surface area contributed by atoms with Crippen molar-refractivity contribution < 1.29 is 19.1 Å². The molecule has 29 heavy (non-hydrogen) atoms. The van der Waals surface area contributed by atoms with E-state index in [4.69, 9.17) is 10.5 Å². The van der Waals surface area contributed by atoms with Crippen LogP contribution in [-0.4, -0.2) is 60.9 Å². The number of fused-ring (bicyclic) bond motifs is 1. The van der Waals surface area contributed by atoms with Gasteiger partial charge in [-0.2, -0.15) is 0 Å². The van der Waals surface area contributed by atoms with Crippen LogP contribution >= 0.6 is 0 Å². The molecular weight excluding hydrogens is 372 g/mol. The number of nitrogens with zero attached hydrogens (tertiary/aromatic N) is 2. The molecule has 2 saturated heterocycles. The largest absolute Gasteiger partial charge is 0.497 e. The number of amides is 4. The molecule has 4 rings (SSSR count). The van der Waals surface area contributed by atoms with Gasteiger partial charge in [0, 0.05) is 37.4 Å². The van der Waals surface area contributed by atoms with Crippen molar-refractivity contribution in [1.29, 1.82) is 0 Å². The number of nitrogens with two attached hydrogens (primary N) is 1. The van der Waals surface area contributed by atoms with E-state index in [0.717, 1.165) is 30.6 Å². The molecule has 8 nitrogen and oxygen atoms in total. The Morgan fingerprint density at radius 3 is 2.45 bits per heavy atom. The molecule has 3 fully saturated rings. The highest BCUT2D eigenvalue weighted by atomic mass is 16.5. The van der Waals surface area contributed by atoms with Crippen LogP contribution in [-0.2, 0) is 9.59 Å². The fourth-order valence-corrected chi connectivity index (χ4v) is 4.87. The van der Waals surface area contributed by atoms with E-state index in [-0.39, 0.29) is 42.2 Å². The van der Waals surface area contributed by atoms with E-state index in [1.165, 1.54) is 0 Å². The van der Waals surface area contributed by atoms with E-state index >= 15 is 0 Å². The summed E-state index contributed by atoms with van der Waals surface area (Å²) in [5.74, 6) is 1.46. The second kappa shape index (κ2) is 7.93. The lowest BCUT2D eigenvalue weighted by atomic mass is 9.83. The molecule has 0 unspecified atom stereocenters. The summed E-state index contributed by atoms with van der Waals surface area (Å²) in [6, 6.07) is 7.14. The summed E-state index contributed by atoms with van der Waals surface area (Å²) in [5, 5.41) is 2.37. The van der Waals surface area contributed by atoms with Gasteiger partial charge in [-0.1, -0.05) is 18.6 Å². The quantitative estimate of drug-likeness (QED) is 0.773. The van der Waals surface area contributed by atoms with Gasteiger partial charge in [-0.3, -0.25) is 9.59 Å². The molecule has 2 heterocycles. The molecule has 1 aromatic carbocycles. The summed E-state index contributed by atoms with van der Waals surface area (Å²) < 4.78 is 5.27. The minimum Gasteiger partial charge on any atom is -0.497 e. The third kappa shape index (κ3) is 3.75. The number of methoxy groups -OCH3 is 1. The van der Waals surface area contributed by atoms with Crippen LogP contribution in [0.1, 0.15) is 30.9 Å². The van der Waals surface area contributed by atoms with Crippen LogP contribution in [0, 0.1) is 17.8 Å². The fourth-order valence-electron chi connectivity index (χ4n) is 4.87. The van der Waals surface area contributed by atoms with Crippen molar-refractivity contribution in [1.82, 2.24) is 15.1 Å². The second-order valence-corrected chi connectivity index (χ2v) is 8.28. The first-order chi connectivity index (χ1) is 14.0. The molecule has 0 bridgehead atoms. The molecule has 1 aliphatic carbocycles. The van der Waals surface area contributed by atoms with Crippen molar-refractivity contribution >= 4 is 17.8 Å². The van der Waals surface area contributed by atoms with Gasteiger partial charge in [0.2, 0.25) is 11.8 Å². The summed E-state index contributed by atoms with van der Waals surface area (Å²) in [7, 11) is 1.63. The second-order valence-electron chi connectivity index (χ2n) is 8.28. The molecule has 2 aliphatic heterocycles. The number of likely N-dealkylation sites (tertiary alicyclic amines) is 2. The van der Waals surface area contributed by atoms with Crippen LogP contribution in [0.2, 0.25) is 0 Å². The van der Waals surface area contributed by atoms with Gasteiger partial charge >= 0.3 is 6.03 Å². The smallest absolute Gasteiger partial charge is 0.312 e. The molecule has 4 amide bonds. The number of nitrogens with one attached hydrogen (secondary N) is 1. The minimum atomic E-state index is -0.703. The highest BCUT2D eigenvalue weighted by molar-refractivity contribution is 5.84. The molecule has 156 valence electrons. The van der Waals surface area contributed by atoms with Crippen LogP contribution in [0.3, 0.4) is 0 Å². The minimum absolute atomic E-state index is 0.0408. The van der Waals surface area contributed by atoms with Gasteiger partial charge in [-0.05, 0) is 30.5 Å². The molecule has 3 N–H and O–H groups in total. The Morgan fingerprint density at radius 1 is 1.14 bits per heavy atom. The first-order valence-electron chi connectivity index (χ1n) is 10.2. The van der Waals surface area contributed by atoms with E-state index in [9.17, 15) is 14.4 Å². The average Bonchev–Trinajstić information content (AvgIpc) is 3.22. The van der Waals surface area contributed by atoms with E-state index in [1.54, 1.807) is 12.0 Å². The Hall–Kier alpha value is -2.77. The molecular formula is C21H28N4O4. The zero-order valence-electron chi connectivity index (χ0n) is 16.7. The number of rotatable bonds is 5. The molecule has 8 heteroatoms. The predicted octanol–water partition coefficient (Wildman–Crippen LogP) is 1.12. The molecule has 1 saturated carbocycles. The Balaban J connectivity index is 1.54. The van der Waals surface area contributed by atoms with Gasteiger partial charge in [-0.15, -0.1) is 0 Å². The van der Waals surface area contributed by atoms with Crippen molar-refractivity contribution in [3.8, 4) is 5.75 Å². The summed E-state index contributed by atoms with van der Waals surface area (Å²) in [6.45, 7) is 1.76. The van der Waals surface area contributed by atoms with Gasteiger partial charge in [0.1, 0.15) is 5.75 Å². The van der Waals surface area contributed by atoms with Gasteiger partial charge < -0.3 is 25.6 Å². The zero-order chi connectivity index (χ0) is 20.5. The van der Waals surface area contributed by atoms with Crippen molar-refractivity contribution in [2.45, 2.75) is 25.3 Å². The van der Waals surface area contributed by atoms with Gasteiger partial charge in [0.05, 0.1) is 19.7 Å². The maximum atomic E-state index is 13.1. The van der Waals surface area contributed by atoms with Crippen molar-refractivity contribution in [3.63, 3.8) is 0 Å². The van der Waals surface area contributed by atoms with Gasteiger partial charge in [-0.25, -0.2) is 4.79 Å². The summed E-state index contributed by atoms with van der Waals surface area (Å²) in [6.07, 6.45) is 3.08. The van der Waals surface area contributed by atoms with E-state index < -0.39 is 6.03 Å². The van der Waals surface area contributed by atoms with Gasteiger partial charge in [0.25, 0.3) is 0 Å². The van der Waals surface area contributed by atoms with Gasteiger partial charge in [0.15, 0.2) is 0 Å². The summed E-state index contributed by atoms with van der Waals surface area (Å²) in [5.41, 5.74) is 6.16. The van der Waals surface area contributed by atoms with Crippen LogP contribution in [0.5, 0.6) is 5.75 Å². The Labute approximate surface area is 170 Å². The van der Waals surface area contributed by atoms with E-state index in [1.807, 2.05) is 29.2 Å². The lowest BCUT2D eigenvalue weighted by Gasteiger charge is -2.35. The topological polar surface area (TPSA) is 105 Å². The number of benzene rings is 1. The molecule has 3 atom stereocenters. The molecule has 0 radical (unpaired) electrons. The maximum absolute atomic E-state index is 13.1. The first-order valence-corrected chi connectivity index (χ1v) is 10.2. The highest BCUT2D eigenvalue weighted by Gasteiger charge is 2.51. The number of hydrogen-bond acceptors (Lipinski definition) is 4. The van der Waals surface area contributed by atoms with Crippen LogP contribution < -0.4 is 15.8 Å². The van der Waals surface area contributed by atoms with Crippen molar-refractivity contribution in [2.75, 3.05) is 33.3 Å². The number of carbonyl (C=O) groups excluding carboxylic acids is 3. The zero-order valence-corrected chi connectivity index (χ0v) is 16.7. The lowest BCUT2D eigenvalue weighted by molar-refractivity contribution is -0.140.